The van der Waals surface area contributed by atoms with E-state index in [0.717, 1.165) is 35.9 Å². The summed E-state index contributed by atoms with van der Waals surface area (Å²) in [6.45, 7) is 6.02. The number of aliphatic imine (C=N–C) groups is 1. The Kier molecular flexibility index (Phi) is 11.0. The predicted octanol–water partition coefficient (Wildman–Crippen LogP) is 2.77. The third kappa shape index (κ3) is 8.25. The van der Waals surface area contributed by atoms with Gasteiger partial charge in [0.25, 0.3) is 5.91 Å². The highest BCUT2D eigenvalue weighted by Crippen LogP contribution is 2.13. The monoisotopic (exact) mass is 501 g/mol. The summed E-state index contributed by atoms with van der Waals surface area (Å²) in [6, 6.07) is 7.56. The van der Waals surface area contributed by atoms with Crippen molar-refractivity contribution in [1.29, 1.82) is 0 Å². The minimum Gasteiger partial charge on any atom is -0.356 e. The van der Waals surface area contributed by atoms with Crippen LogP contribution in [0.25, 0.3) is 0 Å². The zero-order chi connectivity index (χ0) is 18.8. The molecule has 0 aliphatic carbocycles. The third-order valence-corrected chi connectivity index (χ3v) is 4.99. The topological polar surface area (TPSA) is 78.4 Å². The second-order valence-corrected chi connectivity index (χ2v) is 7.07. The Bertz CT molecular complexity index is 747. The number of benzene rings is 1. The molecule has 0 bridgehead atoms. The highest BCUT2D eigenvalue weighted by atomic mass is 127. The molecule has 1 aromatic carbocycles. The Morgan fingerprint density at radius 1 is 1.19 bits per heavy atom. The second kappa shape index (κ2) is 12.7. The van der Waals surface area contributed by atoms with Crippen LogP contribution in [-0.2, 0) is 12.8 Å². The molecule has 0 saturated carbocycles. The van der Waals surface area contributed by atoms with Crippen molar-refractivity contribution >= 4 is 47.2 Å². The molecule has 1 amide bonds. The first-order valence-corrected chi connectivity index (χ1v) is 9.67. The second-order valence-electron chi connectivity index (χ2n) is 5.88. The number of halogens is 1. The fourth-order valence-corrected chi connectivity index (χ4v) is 3.24. The highest BCUT2D eigenvalue weighted by molar-refractivity contribution is 14.0. The molecular formula is C19H28IN5OS. The van der Waals surface area contributed by atoms with Crippen LogP contribution in [0.15, 0.2) is 35.5 Å². The van der Waals surface area contributed by atoms with Crippen molar-refractivity contribution in [1.82, 2.24) is 20.9 Å². The van der Waals surface area contributed by atoms with Gasteiger partial charge in [-0.1, -0.05) is 24.6 Å². The number of nitrogens with zero attached hydrogens (tertiary/aromatic N) is 2. The van der Waals surface area contributed by atoms with Gasteiger partial charge in [0.05, 0.1) is 5.01 Å². The van der Waals surface area contributed by atoms with E-state index in [1.807, 2.05) is 37.4 Å². The van der Waals surface area contributed by atoms with Gasteiger partial charge in [-0.25, -0.2) is 4.98 Å². The van der Waals surface area contributed by atoms with Crippen molar-refractivity contribution < 1.29 is 4.79 Å². The van der Waals surface area contributed by atoms with Crippen LogP contribution in [0.5, 0.6) is 0 Å². The molecule has 6 nitrogen and oxygen atoms in total. The largest absolute Gasteiger partial charge is 0.356 e. The number of aryl methyl sites for hydroxylation is 2. The standard InChI is InChI=1S/C19H27N5OS.HI/c1-4-16-13-24-17(26-16)8-9-22-19(20-3)23-11-10-21-18(25)15-7-5-6-14(2)12-15;/h5-7,12-13H,4,8-11H2,1-3H3,(H,21,25)(H2,20,22,23);1H. The number of nitrogens with one attached hydrogen (secondary N) is 3. The third-order valence-electron chi connectivity index (χ3n) is 3.79. The molecule has 2 rings (SSSR count). The number of amides is 1. The summed E-state index contributed by atoms with van der Waals surface area (Å²) in [4.78, 5) is 22.0. The molecule has 0 aliphatic heterocycles. The minimum absolute atomic E-state index is 0. The summed E-state index contributed by atoms with van der Waals surface area (Å²) in [7, 11) is 1.74. The zero-order valence-electron chi connectivity index (χ0n) is 16.0. The minimum atomic E-state index is -0.0612. The van der Waals surface area contributed by atoms with E-state index in [-0.39, 0.29) is 29.9 Å². The van der Waals surface area contributed by atoms with Gasteiger partial charge in [-0.15, -0.1) is 35.3 Å². The van der Waals surface area contributed by atoms with Gasteiger partial charge in [0.15, 0.2) is 5.96 Å². The van der Waals surface area contributed by atoms with Gasteiger partial charge >= 0.3 is 0 Å². The molecule has 1 aromatic heterocycles. The zero-order valence-corrected chi connectivity index (χ0v) is 19.2. The maximum Gasteiger partial charge on any atom is 0.251 e. The summed E-state index contributed by atoms with van der Waals surface area (Å²) in [5, 5.41) is 10.5. The van der Waals surface area contributed by atoms with Crippen molar-refractivity contribution in [3.05, 3.63) is 51.5 Å². The predicted molar refractivity (Wildman–Crippen MR) is 123 cm³/mol. The molecule has 8 heteroatoms. The molecule has 27 heavy (non-hydrogen) atoms. The molecule has 0 saturated heterocycles. The lowest BCUT2D eigenvalue weighted by atomic mass is 10.1. The Morgan fingerprint density at radius 2 is 1.93 bits per heavy atom. The smallest absolute Gasteiger partial charge is 0.251 e. The lowest BCUT2D eigenvalue weighted by Crippen LogP contribution is -2.42. The van der Waals surface area contributed by atoms with E-state index in [9.17, 15) is 4.79 Å². The molecule has 0 unspecified atom stereocenters. The van der Waals surface area contributed by atoms with Gasteiger partial charge in [0, 0.05) is 49.7 Å². The van der Waals surface area contributed by atoms with Crippen LogP contribution in [0.1, 0.15) is 32.7 Å². The lowest BCUT2D eigenvalue weighted by molar-refractivity contribution is 0.0954. The number of hydrogen-bond donors (Lipinski definition) is 3. The summed E-state index contributed by atoms with van der Waals surface area (Å²) in [5.74, 6) is 0.663. The first-order chi connectivity index (χ1) is 12.6. The first-order valence-electron chi connectivity index (χ1n) is 8.85. The van der Waals surface area contributed by atoms with Crippen LogP contribution < -0.4 is 16.0 Å². The van der Waals surface area contributed by atoms with Crippen molar-refractivity contribution in [2.24, 2.45) is 4.99 Å². The number of guanidine groups is 1. The number of thiazole rings is 1. The molecule has 0 atom stereocenters. The Morgan fingerprint density at radius 3 is 2.59 bits per heavy atom. The molecule has 0 spiro atoms. The number of aromatic nitrogens is 1. The average molecular weight is 501 g/mol. The van der Waals surface area contributed by atoms with E-state index in [1.165, 1.54) is 4.88 Å². The van der Waals surface area contributed by atoms with Gasteiger partial charge in [-0.3, -0.25) is 9.79 Å². The number of carbonyl (C=O) groups excluding carboxylic acids is 1. The molecule has 0 fully saturated rings. The van der Waals surface area contributed by atoms with E-state index in [1.54, 1.807) is 18.4 Å². The fourth-order valence-electron chi connectivity index (χ4n) is 2.38. The highest BCUT2D eigenvalue weighted by Gasteiger charge is 2.05. The van der Waals surface area contributed by atoms with Crippen LogP contribution >= 0.6 is 35.3 Å². The summed E-state index contributed by atoms with van der Waals surface area (Å²) in [6.07, 6.45) is 3.85. The van der Waals surface area contributed by atoms with Gasteiger partial charge in [-0.05, 0) is 25.5 Å². The van der Waals surface area contributed by atoms with Gasteiger partial charge in [0.1, 0.15) is 0 Å². The van der Waals surface area contributed by atoms with Crippen molar-refractivity contribution in [2.75, 3.05) is 26.7 Å². The molecule has 0 radical (unpaired) electrons. The molecule has 0 aliphatic rings. The molecule has 3 N–H and O–H groups in total. The summed E-state index contributed by atoms with van der Waals surface area (Å²) >= 11 is 1.76. The van der Waals surface area contributed by atoms with Gasteiger partial charge in [0.2, 0.25) is 0 Å². The summed E-state index contributed by atoms with van der Waals surface area (Å²) < 4.78 is 0. The van der Waals surface area contributed by atoms with E-state index >= 15 is 0 Å². The Labute approximate surface area is 182 Å². The Balaban J connectivity index is 0.00000364. The first kappa shape index (κ1) is 23.4. The number of rotatable bonds is 8. The van der Waals surface area contributed by atoms with E-state index in [0.29, 0.717) is 18.7 Å². The molecule has 1 heterocycles. The van der Waals surface area contributed by atoms with Crippen LogP contribution in [0.3, 0.4) is 0 Å². The Hall–Kier alpha value is -1.68. The lowest BCUT2D eigenvalue weighted by Gasteiger charge is -2.12. The van der Waals surface area contributed by atoms with Crippen molar-refractivity contribution in [2.45, 2.75) is 26.7 Å². The maximum atomic E-state index is 12.1. The van der Waals surface area contributed by atoms with E-state index in [4.69, 9.17) is 0 Å². The normalized spacial score (nSPS) is 10.9. The SMILES string of the molecule is CCc1cnc(CCNC(=NC)NCCNC(=O)c2cccc(C)c2)s1.I. The quantitative estimate of drug-likeness (QED) is 0.225. The van der Waals surface area contributed by atoms with Crippen LogP contribution in [0.2, 0.25) is 0 Å². The molecule has 148 valence electrons. The van der Waals surface area contributed by atoms with Crippen LogP contribution in [0, 0.1) is 6.92 Å². The van der Waals surface area contributed by atoms with Gasteiger partial charge < -0.3 is 16.0 Å². The molecule has 2 aromatic rings. The van der Waals surface area contributed by atoms with Crippen molar-refractivity contribution in [3.63, 3.8) is 0 Å². The average Bonchev–Trinajstić information content (AvgIpc) is 3.11. The molecular weight excluding hydrogens is 473 g/mol. The summed E-state index contributed by atoms with van der Waals surface area (Å²) in [5.41, 5.74) is 1.76. The number of hydrogen-bond acceptors (Lipinski definition) is 4. The van der Waals surface area contributed by atoms with E-state index in [2.05, 4.69) is 32.9 Å². The fraction of sp³-hybridized carbons (Fsp3) is 0.421. The maximum absolute atomic E-state index is 12.1. The number of carbonyl (C=O) groups is 1. The van der Waals surface area contributed by atoms with Crippen LogP contribution in [0.4, 0.5) is 0 Å². The van der Waals surface area contributed by atoms with Crippen molar-refractivity contribution in [3.8, 4) is 0 Å². The van der Waals surface area contributed by atoms with Gasteiger partial charge in [-0.2, -0.15) is 0 Å². The van der Waals surface area contributed by atoms with Crippen LogP contribution in [-0.4, -0.2) is 43.5 Å². The van der Waals surface area contributed by atoms with E-state index < -0.39 is 0 Å².